The molecule has 0 saturated heterocycles. The minimum absolute atomic E-state index is 0.153. The molecule has 0 bridgehead atoms. The van der Waals surface area contributed by atoms with Gasteiger partial charge in [-0.3, -0.25) is 4.79 Å². The van der Waals surface area contributed by atoms with Crippen molar-refractivity contribution in [3.8, 4) is 11.1 Å². The van der Waals surface area contributed by atoms with E-state index in [1.165, 1.54) is 11.3 Å². The first-order valence-corrected chi connectivity index (χ1v) is 10.5. The highest BCUT2D eigenvalue weighted by Gasteiger charge is 2.23. The molecule has 1 amide bonds. The van der Waals surface area contributed by atoms with Crippen molar-refractivity contribution in [3.63, 3.8) is 0 Å². The van der Waals surface area contributed by atoms with Crippen LogP contribution in [-0.2, 0) is 9.53 Å². The van der Waals surface area contributed by atoms with E-state index in [1.54, 1.807) is 6.92 Å². The largest absolute Gasteiger partial charge is 0.462 e. The number of carbonyl (C=O) groups is 2. The highest BCUT2D eigenvalue weighted by molar-refractivity contribution is 7.15. The number of rotatable bonds is 8. The number of nitrogens with two attached hydrogens (primary N) is 1. The van der Waals surface area contributed by atoms with Crippen molar-refractivity contribution in [3.05, 3.63) is 77.2 Å². The maximum Gasteiger partial charge on any atom is 0.341 e. The van der Waals surface area contributed by atoms with Crippen LogP contribution in [0.3, 0.4) is 0 Å². The molecule has 3 N–H and O–H groups in total. The summed E-state index contributed by atoms with van der Waals surface area (Å²) in [7, 11) is 0. The number of nitrogens with one attached hydrogen (secondary N) is 1. The molecule has 0 aliphatic rings. The summed E-state index contributed by atoms with van der Waals surface area (Å²) in [6, 6.07) is 19.8. The highest BCUT2D eigenvalue weighted by atomic mass is 32.1. The lowest BCUT2D eigenvalue weighted by atomic mass is 10.0. The summed E-state index contributed by atoms with van der Waals surface area (Å²) in [5.74, 6) is -0.579. The van der Waals surface area contributed by atoms with Crippen LogP contribution >= 0.6 is 11.3 Å². The van der Waals surface area contributed by atoms with E-state index in [-0.39, 0.29) is 25.1 Å². The molecule has 0 spiro atoms. The van der Waals surface area contributed by atoms with Crippen molar-refractivity contribution in [2.45, 2.75) is 19.9 Å². The normalized spacial score (nSPS) is 11.7. The second-order valence-corrected chi connectivity index (χ2v) is 7.51. The van der Waals surface area contributed by atoms with Gasteiger partial charge in [0.25, 0.3) is 5.91 Å². The molecule has 3 aromatic rings. The van der Waals surface area contributed by atoms with Gasteiger partial charge < -0.3 is 15.4 Å². The summed E-state index contributed by atoms with van der Waals surface area (Å²) in [5, 5.41) is 7.27. The third kappa shape index (κ3) is 5.31. The number of carbonyl (C=O) groups excluding carboxylic acids is 2. The molecule has 2 aromatic carbocycles. The number of hydrogen-bond acceptors (Lipinski definition) is 4. The van der Waals surface area contributed by atoms with Gasteiger partial charge in [0.2, 0.25) is 0 Å². The third-order valence-electron chi connectivity index (χ3n) is 4.59. The molecule has 150 valence electrons. The van der Waals surface area contributed by atoms with Gasteiger partial charge in [0.05, 0.1) is 6.61 Å². The molecule has 0 fully saturated rings. The maximum absolute atomic E-state index is 12.6. The Morgan fingerprint density at radius 1 is 1.07 bits per heavy atom. The van der Waals surface area contributed by atoms with Gasteiger partial charge in [-0.15, -0.1) is 11.3 Å². The topological polar surface area (TPSA) is 72.0 Å². The summed E-state index contributed by atoms with van der Waals surface area (Å²) in [4.78, 5) is 25.1. The number of anilines is 1. The van der Waals surface area contributed by atoms with Crippen LogP contribution in [0.15, 0.2) is 66.0 Å². The Kier molecular flexibility index (Phi) is 7.16. The van der Waals surface area contributed by atoms with Crippen LogP contribution < -0.4 is 10.6 Å². The van der Waals surface area contributed by atoms with Crippen molar-refractivity contribution < 1.29 is 19.6 Å². The van der Waals surface area contributed by atoms with E-state index in [1.807, 2.05) is 71.4 Å². The quantitative estimate of drug-likeness (QED) is 0.555. The number of quaternary nitrogens is 1. The zero-order valence-electron chi connectivity index (χ0n) is 16.6. The summed E-state index contributed by atoms with van der Waals surface area (Å²) in [5.41, 5.74) is 3.25. The number of benzene rings is 2. The highest BCUT2D eigenvalue weighted by Crippen LogP contribution is 2.36. The Bertz CT molecular complexity index is 955. The molecule has 1 aromatic heterocycles. The van der Waals surface area contributed by atoms with Crippen molar-refractivity contribution in [2.75, 3.05) is 18.5 Å². The van der Waals surface area contributed by atoms with E-state index in [2.05, 4.69) is 12.2 Å². The Labute approximate surface area is 174 Å². The number of ether oxygens (including phenoxy) is 1. The van der Waals surface area contributed by atoms with E-state index < -0.39 is 5.97 Å². The van der Waals surface area contributed by atoms with Crippen LogP contribution in [0, 0.1) is 0 Å². The predicted octanol–water partition coefficient (Wildman–Crippen LogP) is 3.85. The molecule has 5 nitrogen and oxygen atoms in total. The van der Waals surface area contributed by atoms with Gasteiger partial charge in [-0.1, -0.05) is 60.7 Å². The zero-order valence-corrected chi connectivity index (χ0v) is 17.4. The molecular weight excluding hydrogens is 384 g/mol. The average Bonchev–Trinajstić information content (AvgIpc) is 3.17. The fraction of sp³-hybridized carbons (Fsp3) is 0.217. The molecule has 3 rings (SSSR count). The molecule has 1 atom stereocenters. The van der Waals surface area contributed by atoms with E-state index in [0.717, 1.165) is 16.7 Å². The molecular formula is C23H25N2O3S+. The molecule has 29 heavy (non-hydrogen) atoms. The Balaban J connectivity index is 1.73. The molecule has 1 heterocycles. The van der Waals surface area contributed by atoms with Crippen molar-refractivity contribution in [1.82, 2.24) is 0 Å². The number of hydrogen-bond donors (Lipinski definition) is 2. The zero-order chi connectivity index (χ0) is 20.6. The van der Waals surface area contributed by atoms with Gasteiger partial charge in [-0.05, 0) is 19.4 Å². The third-order valence-corrected chi connectivity index (χ3v) is 5.49. The van der Waals surface area contributed by atoms with Crippen LogP contribution in [0.5, 0.6) is 0 Å². The predicted molar refractivity (Wildman–Crippen MR) is 116 cm³/mol. The maximum atomic E-state index is 12.6. The Morgan fingerprint density at radius 2 is 1.72 bits per heavy atom. The van der Waals surface area contributed by atoms with Crippen LogP contribution in [0.1, 0.15) is 35.8 Å². The monoisotopic (exact) mass is 409 g/mol. The minimum Gasteiger partial charge on any atom is -0.462 e. The van der Waals surface area contributed by atoms with E-state index >= 15 is 0 Å². The molecule has 0 radical (unpaired) electrons. The van der Waals surface area contributed by atoms with Gasteiger partial charge in [0.15, 0.2) is 6.54 Å². The lowest BCUT2D eigenvalue weighted by Gasteiger charge is -2.11. The first kappa shape index (κ1) is 20.8. The summed E-state index contributed by atoms with van der Waals surface area (Å²) in [6.07, 6.45) is 0. The first-order chi connectivity index (χ1) is 14.1. The van der Waals surface area contributed by atoms with Gasteiger partial charge >= 0.3 is 5.97 Å². The van der Waals surface area contributed by atoms with E-state index in [9.17, 15) is 9.59 Å². The molecule has 0 aliphatic heterocycles. The first-order valence-electron chi connectivity index (χ1n) is 9.62. The fourth-order valence-corrected chi connectivity index (χ4v) is 4.01. The van der Waals surface area contributed by atoms with Crippen LogP contribution in [0.4, 0.5) is 5.00 Å². The second-order valence-electron chi connectivity index (χ2n) is 6.63. The molecule has 0 aliphatic carbocycles. The molecule has 1 unspecified atom stereocenters. The summed E-state index contributed by atoms with van der Waals surface area (Å²) in [6.45, 7) is 4.37. The van der Waals surface area contributed by atoms with Gasteiger partial charge in [0, 0.05) is 16.5 Å². The minimum atomic E-state index is -0.426. The van der Waals surface area contributed by atoms with Gasteiger partial charge in [0.1, 0.15) is 16.6 Å². The van der Waals surface area contributed by atoms with Crippen LogP contribution in [0.25, 0.3) is 11.1 Å². The van der Waals surface area contributed by atoms with Crippen molar-refractivity contribution in [2.24, 2.45) is 0 Å². The van der Waals surface area contributed by atoms with E-state index in [0.29, 0.717) is 10.6 Å². The van der Waals surface area contributed by atoms with E-state index in [4.69, 9.17) is 4.74 Å². The standard InChI is InChI=1S/C23H24N2O3S/c1-3-28-23(27)21-19(18-12-8-5-9-13-18)15-29-22(21)25-20(26)14-24-16(2)17-10-6-4-7-11-17/h4-13,15-16,24H,3,14H2,1-2H3,(H,25,26)/p+1. The lowest BCUT2D eigenvalue weighted by Crippen LogP contribution is -2.86. The number of esters is 1. The Morgan fingerprint density at radius 3 is 2.38 bits per heavy atom. The lowest BCUT2D eigenvalue weighted by molar-refractivity contribution is -0.682. The number of thiophene rings is 1. The average molecular weight is 410 g/mol. The van der Waals surface area contributed by atoms with Crippen molar-refractivity contribution in [1.29, 1.82) is 0 Å². The van der Waals surface area contributed by atoms with Crippen LogP contribution in [-0.4, -0.2) is 25.0 Å². The molecule has 6 heteroatoms. The summed E-state index contributed by atoms with van der Waals surface area (Å²) < 4.78 is 5.24. The van der Waals surface area contributed by atoms with Gasteiger partial charge in [-0.25, -0.2) is 4.79 Å². The summed E-state index contributed by atoms with van der Waals surface area (Å²) >= 11 is 1.34. The fourth-order valence-electron chi connectivity index (χ4n) is 3.04. The SMILES string of the molecule is CCOC(=O)c1c(-c2ccccc2)csc1NC(=O)C[NH2+]C(C)c1ccccc1. The van der Waals surface area contributed by atoms with Crippen LogP contribution in [0.2, 0.25) is 0 Å². The van der Waals surface area contributed by atoms with Crippen molar-refractivity contribution >= 4 is 28.2 Å². The smallest absolute Gasteiger partial charge is 0.341 e. The number of amides is 1. The molecule has 0 saturated carbocycles. The Hall–Kier alpha value is -2.96. The second kappa shape index (κ2) is 10.0. The van der Waals surface area contributed by atoms with Gasteiger partial charge in [-0.2, -0.15) is 0 Å².